The largest absolute Gasteiger partial charge is 0.497 e. The summed E-state index contributed by atoms with van der Waals surface area (Å²) in [6.45, 7) is 6.61. The molecular formula is C35H36N2O8S. The molecule has 46 heavy (non-hydrogen) atoms. The summed E-state index contributed by atoms with van der Waals surface area (Å²) in [5, 5.41) is 0. The molecule has 1 aliphatic rings. The number of benzene rings is 3. The predicted octanol–water partition coefficient (Wildman–Crippen LogP) is 4.67. The summed E-state index contributed by atoms with van der Waals surface area (Å²) in [6.07, 6.45) is 1.79. The maximum atomic E-state index is 14.0. The fourth-order valence-corrected chi connectivity index (χ4v) is 6.13. The molecule has 240 valence electrons. The first-order valence-electron chi connectivity index (χ1n) is 14.9. The maximum absolute atomic E-state index is 14.0. The Labute approximate surface area is 270 Å². The van der Waals surface area contributed by atoms with Crippen molar-refractivity contribution in [3.63, 3.8) is 0 Å². The van der Waals surface area contributed by atoms with E-state index in [9.17, 15) is 9.59 Å². The number of para-hydroxylation sites is 2. The molecule has 0 saturated carbocycles. The van der Waals surface area contributed by atoms with Crippen molar-refractivity contribution in [3.05, 3.63) is 109 Å². The van der Waals surface area contributed by atoms with Gasteiger partial charge in [-0.25, -0.2) is 9.79 Å². The number of hydrogen-bond acceptors (Lipinski definition) is 10. The van der Waals surface area contributed by atoms with Gasteiger partial charge in [-0.1, -0.05) is 41.7 Å². The standard InChI is InChI=1S/C35H36N2O8S/c1-6-42-29-20-23(12-17-28(29)45-19-18-44-27-11-9-8-10-26(27)41-5)21-30-33(38)37-32(24-13-15-25(40-4)16-14-24)31(34(39)43-7-2)22(3)36-35(37)46-30/h8-17,20-21,32H,6-7,18-19H2,1-5H3/b30-21-/t32-/m1/s1. The summed E-state index contributed by atoms with van der Waals surface area (Å²) in [7, 11) is 3.18. The average Bonchev–Trinajstić information content (AvgIpc) is 3.37. The smallest absolute Gasteiger partial charge is 0.338 e. The van der Waals surface area contributed by atoms with Crippen LogP contribution in [0.25, 0.3) is 6.08 Å². The second-order valence-corrected chi connectivity index (χ2v) is 11.1. The molecule has 11 heteroatoms. The highest BCUT2D eigenvalue weighted by molar-refractivity contribution is 7.07. The van der Waals surface area contributed by atoms with Crippen LogP contribution in [-0.2, 0) is 9.53 Å². The van der Waals surface area contributed by atoms with Gasteiger partial charge in [0, 0.05) is 0 Å². The van der Waals surface area contributed by atoms with Crippen molar-refractivity contribution >= 4 is 23.4 Å². The number of rotatable bonds is 13. The third-order valence-corrected chi connectivity index (χ3v) is 8.16. The molecule has 0 fully saturated rings. The maximum Gasteiger partial charge on any atom is 0.338 e. The number of carbonyl (C=O) groups is 1. The first kappa shape index (κ1) is 32.4. The van der Waals surface area contributed by atoms with Gasteiger partial charge in [0.15, 0.2) is 27.8 Å². The molecular weight excluding hydrogens is 608 g/mol. The minimum Gasteiger partial charge on any atom is -0.497 e. The Morgan fingerprint density at radius 3 is 2.22 bits per heavy atom. The average molecular weight is 645 g/mol. The molecule has 0 radical (unpaired) electrons. The van der Waals surface area contributed by atoms with Gasteiger partial charge in [0.05, 0.1) is 49.3 Å². The Hall–Kier alpha value is -5.03. The third-order valence-electron chi connectivity index (χ3n) is 7.18. The molecule has 0 unspecified atom stereocenters. The number of esters is 1. The van der Waals surface area contributed by atoms with E-state index in [4.69, 9.17) is 28.4 Å². The number of allylic oxidation sites excluding steroid dienone is 1. The second-order valence-electron chi connectivity index (χ2n) is 10.1. The number of hydrogen-bond donors (Lipinski definition) is 0. The Morgan fingerprint density at radius 2 is 1.57 bits per heavy atom. The molecule has 3 aromatic carbocycles. The fourth-order valence-electron chi connectivity index (χ4n) is 5.09. The monoisotopic (exact) mass is 644 g/mol. The van der Waals surface area contributed by atoms with Gasteiger partial charge in [-0.05, 0) is 74.4 Å². The quantitative estimate of drug-likeness (QED) is 0.153. The lowest BCUT2D eigenvalue weighted by Crippen LogP contribution is -2.39. The van der Waals surface area contributed by atoms with E-state index in [1.807, 2.05) is 55.5 Å². The van der Waals surface area contributed by atoms with E-state index in [1.54, 1.807) is 56.9 Å². The summed E-state index contributed by atoms with van der Waals surface area (Å²) in [6, 6.07) is 19.5. The molecule has 10 nitrogen and oxygen atoms in total. The number of aromatic nitrogens is 1. The predicted molar refractivity (Wildman–Crippen MR) is 175 cm³/mol. The molecule has 0 amide bonds. The Balaban J connectivity index is 1.45. The lowest BCUT2D eigenvalue weighted by molar-refractivity contribution is -0.139. The number of fused-ring (bicyclic) bond motifs is 1. The Morgan fingerprint density at radius 1 is 0.870 bits per heavy atom. The van der Waals surface area contributed by atoms with Crippen LogP contribution < -0.4 is 38.6 Å². The molecule has 2 heterocycles. The van der Waals surface area contributed by atoms with Gasteiger partial charge in [-0.2, -0.15) is 0 Å². The highest BCUT2D eigenvalue weighted by Crippen LogP contribution is 2.32. The van der Waals surface area contributed by atoms with Crippen molar-refractivity contribution in [2.24, 2.45) is 4.99 Å². The second kappa shape index (κ2) is 14.8. The molecule has 0 aliphatic carbocycles. The SMILES string of the molecule is CCOC(=O)C1=C(C)N=c2s/c(=C\c3ccc(OCCOc4ccccc4OC)c(OCC)c3)c(=O)n2[C@@H]1c1ccc(OC)cc1. The molecule has 5 rings (SSSR count). The molecule has 0 spiro atoms. The lowest BCUT2D eigenvalue weighted by atomic mass is 9.96. The topological polar surface area (TPSA) is 107 Å². The molecule has 1 atom stereocenters. The van der Waals surface area contributed by atoms with E-state index in [0.29, 0.717) is 62.6 Å². The fraction of sp³-hybridized carbons (Fsp3) is 0.286. The zero-order valence-corrected chi connectivity index (χ0v) is 27.2. The highest BCUT2D eigenvalue weighted by Gasteiger charge is 2.33. The molecule has 1 aliphatic heterocycles. The van der Waals surface area contributed by atoms with Gasteiger partial charge in [0.25, 0.3) is 5.56 Å². The van der Waals surface area contributed by atoms with E-state index in [1.165, 1.54) is 11.3 Å². The number of carbonyl (C=O) groups excluding carboxylic acids is 1. The Kier molecular flexibility index (Phi) is 10.4. The molecule has 0 bridgehead atoms. The van der Waals surface area contributed by atoms with Gasteiger partial charge in [0.2, 0.25) is 0 Å². The van der Waals surface area contributed by atoms with Crippen molar-refractivity contribution < 1.29 is 33.2 Å². The van der Waals surface area contributed by atoms with Crippen LogP contribution in [0, 0.1) is 0 Å². The highest BCUT2D eigenvalue weighted by atomic mass is 32.1. The van der Waals surface area contributed by atoms with Crippen LogP contribution in [0.15, 0.2) is 87.8 Å². The van der Waals surface area contributed by atoms with Crippen molar-refractivity contribution in [1.29, 1.82) is 0 Å². The molecule has 0 N–H and O–H groups in total. The minimum absolute atomic E-state index is 0.200. The summed E-state index contributed by atoms with van der Waals surface area (Å²) < 4.78 is 35.7. The Bertz CT molecular complexity index is 1910. The zero-order chi connectivity index (χ0) is 32.6. The van der Waals surface area contributed by atoms with Crippen LogP contribution in [0.4, 0.5) is 0 Å². The first-order valence-corrected chi connectivity index (χ1v) is 15.7. The van der Waals surface area contributed by atoms with Gasteiger partial charge in [-0.3, -0.25) is 9.36 Å². The van der Waals surface area contributed by atoms with E-state index < -0.39 is 12.0 Å². The molecule has 1 aromatic heterocycles. The molecule has 0 saturated heterocycles. The van der Waals surface area contributed by atoms with Gasteiger partial charge in [0.1, 0.15) is 19.0 Å². The summed E-state index contributed by atoms with van der Waals surface area (Å²) in [5.74, 6) is 2.53. The minimum atomic E-state index is -0.712. The van der Waals surface area contributed by atoms with Gasteiger partial charge >= 0.3 is 5.97 Å². The van der Waals surface area contributed by atoms with Crippen molar-refractivity contribution in [2.45, 2.75) is 26.8 Å². The number of methoxy groups -OCH3 is 2. The van der Waals surface area contributed by atoms with E-state index in [0.717, 1.165) is 11.1 Å². The van der Waals surface area contributed by atoms with Crippen LogP contribution in [-0.4, -0.2) is 51.2 Å². The first-order chi connectivity index (χ1) is 22.4. The lowest BCUT2D eigenvalue weighted by Gasteiger charge is -2.24. The van der Waals surface area contributed by atoms with Crippen LogP contribution in [0.2, 0.25) is 0 Å². The number of nitrogens with zero attached hydrogens (tertiary/aromatic N) is 2. The number of thiazole rings is 1. The molecule has 4 aromatic rings. The van der Waals surface area contributed by atoms with E-state index in [-0.39, 0.29) is 18.8 Å². The normalized spacial score (nSPS) is 14.3. The van der Waals surface area contributed by atoms with Crippen LogP contribution in [0.3, 0.4) is 0 Å². The van der Waals surface area contributed by atoms with Crippen molar-refractivity contribution in [3.8, 4) is 28.7 Å². The van der Waals surface area contributed by atoms with Crippen LogP contribution in [0.5, 0.6) is 28.7 Å². The third kappa shape index (κ3) is 6.94. The zero-order valence-electron chi connectivity index (χ0n) is 26.4. The van der Waals surface area contributed by atoms with E-state index >= 15 is 0 Å². The summed E-state index contributed by atoms with van der Waals surface area (Å²) in [5.41, 5.74) is 2.03. The van der Waals surface area contributed by atoms with Crippen molar-refractivity contribution in [1.82, 2.24) is 4.57 Å². The van der Waals surface area contributed by atoms with E-state index in [2.05, 4.69) is 4.99 Å². The number of ether oxygens (including phenoxy) is 6. The van der Waals surface area contributed by atoms with Crippen LogP contribution >= 0.6 is 11.3 Å². The summed E-state index contributed by atoms with van der Waals surface area (Å²) >= 11 is 1.25. The van der Waals surface area contributed by atoms with Gasteiger partial charge < -0.3 is 28.4 Å². The van der Waals surface area contributed by atoms with Crippen LogP contribution in [0.1, 0.15) is 37.9 Å². The summed E-state index contributed by atoms with van der Waals surface area (Å²) in [4.78, 5) is 32.3. The van der Waals surface area contributed by atoms with Gasteiger partial charge in [-0.15, -0.1) is 0 Å². The van der Waals surface area contributed by atoms with Crippen molar-refractivity contribution in [2.75, 3.05) is 40.6 Å².